The van der Waals surface area contributed by atoms with Gasteiger partial charge in [-0.2, -0.15) is 0 Å². The molecular formula is C14H13ClN4. The van der Waals surface area contributed by atoms with Crippen LogP contribution >= 0.6 is 11.6 Å². The number of halogens is 1. The van der Waals surface area contributed by atoms with Gasteiger partial charge in [-0.3, -0.25) is 0 Å². The second kappa shape index (κ2) is 4.17. The van der Waals surface area contributed by atoms with Gasteiger partial charge in [0.1, 0.15) is 5.82 Å². The molecule has 3 aromatic rings. The van der Waals surface area contributed by atoms with Crippen LogP contribution in [-0.4, -0.2) is 9.55 Å². The fourth-order valence-corrected chi connectivity index (χ4v) is 2.40. The fraction of sp³-hybridized carbons (Fsp3) is 0.0714. The number of rotatable bonds is 1. The SMILES string of the molecule is Cn1c(-c2cc(N)cc(N)c2)nc2cc(Cl)ccc21. The summed E-state index contributed by atoms with van der Waals surface area (Å²) in [6.45, 7) is 0. The van der Waals surface area contributed by atoms with E-state index in [1.807, 2.05) is 41.9 Å². The Kier molecular flexibility index (Phi) is 2.61. The van der Waals surface area contributed by atoms with Gasteiger partial charge in [0.25, 0.3) is 0 Å². The van der Waals surface area contributed by atoms with Crippen molar-refractivity contribution in [2.45, 2.75) is 0 Å². The van der Waals surface area contributed by atoms with Crippen LogP contribution in [0.4, 0.5) is 11.4 Å². The van der Waals surface area contributed by atoms with Gasteiger partial charge in [-0.25, -0.2) is 4.98 Å². The maximum atomic E-state index is 5.99. The Hall–Kier alpha value is -2.20. The lowest BCUT2D eigenvalue weighted by Crippen LogP contribution is -1.96. The molecule has 0 bridgehead atoms. The second-order valence-electron chi connectivity index (χ2n) is 4.52. The first-order valence-corrected chi connectivity index (χ1v) is 6.21. The lowest BCUT2D eigenvalue weighted by atomic mass is 10.1. The quantitative estimate of drug-likeness (QED) is 0.669. The maximum Gasteiger partial charge on any atom is 0.141 e. The highest BCUT2D eigenvalue weighted by Gasteiger charge is 2.11. The van der Waals surface area contributed by atoms with E-state index < -0.39 is 0 Å². The summed E-state index contributed by atoms with van der Waals surface area (Å²) in [7, 11) is 1.96. The van der Waals surface area contributed by atoms with Crippen molar-refractivity contribution in [2.75, 3.05) is 11.5 Å². The Morgan fingerprint density at radius 3 is 2.42 bits per heavy atom. The van der Waals surface area contributed by atoms with Crippen molar-refractivity contribution in [1.82, 2.24) is 9.55 Å². The fourth-order valence-electron chi connectivity index (χ4n) is 2.24. The zero-order valence-electron chi connectivity index (χ0n) is 10.4. The van der Waals surface area contributed by atoms with E-state index in [0.717, 1.165) is 22.4 Å². The van der Waals surface area contributed by atoms with E-state index in [1.165, 1.54) is 0 Å². The van der Waals surface area contributed by atoms with Crippen LogP contribution in [0.15, 0.2) is 36.4 Å². The van der Waals surface area contributed by atoms with Gasteiger partial charge < -0.3 is 16.0 Å². The van der Waals surface area contributed by atoms with Crippen LogP contribution in [0.25, 0.3) is 22.4 Å². The van der Waals surface area contributed by atoms with Gasteiger partial charge in [-0.15, -0.1) is 0 Å². The lowest BCUT2D eigenvalue weighted by molar-refractivity contribution is 0.959. The molecule has 5 heteroatoms. The number of hydrogen-bond acceptors (Lipinski definition) is 3. The van der Waals surface area contributed by atoms with E-state index in [0.29, 0.717) is 16.4 Å². The second-order valence-corrected chi connectivity index (χ2v) is 4.95. The highest BCUT2D eigenvalue weighted by atomic mass is 35.5. The molecule has 0 saturated carbocycles. The number of nitrogen functional groups attached to an aromatic ring is 2. The van der Waals surface area contributed by atoms with Crippen LogP contribution in [0.5, 0.6) is 0 Å². The Balaban J connectivity index is 2.27. The van der Waals surface area contributed by atoms with Crippen molar-refractivity contribution >= 4 is 34.0 Å². The Labute approximate surface area is 115 Å². The van der Waals surface area contributed by atoms with Gasteiger partial charge in [0.15, 0.2) is 0 Å². The number of hydrogen-bond donors (Lipinski definition) is 2. The van der Waals surface area contributed by atoms with Crippen LogP contribution in [0, 0.1) is 0 Å². The summed E-state index contributed by atoms with van der Waals surface area (Å²) in [4.78, 5) is 4.59. The summed E-state index contributed by atoms with van der Waals surface area (Å²) in [6, 6.07) is 11.1. The molecule has 0 aliphatic heterocycles. The number of nitrogens with zero attached hydrogens (tertiary/aromatic N) is 2. The van der Waals surface area contributed by atoms with E-state index in [2.05, 4.69) is 4.98 Å². The number of aromatic nitrogens is 2. The molecule has 0 saturated heterocycles. The minimum atomic E-state index is 0.625. The van der Waals surface area contributed by atoms with Crippen LogP contribution < -0.4 is 11.5 Å². The number of benzene rings is 2. The normalized spacial score (nSPS) is 11.1. The molecule has 0 aliphatic rings. The van der Waals surface area contributed by atoms with Crippen molar-refractivity contribution in [1.29, 1.82) is 0 Å². The molecular weight excluding hydrogens is 260 g/mol. The van der Waals surface area contributed by atoms with Crippen molar-refractivity contribution in [3.8, 4) is 11.4 Å². The summed E-state index contributed by atoms with van der Waals surface area (Å²) < 4.78 is 2.00. The van der Waals surface area contributed by atoms with Crippen LogP contribution in [0.3, 0.4) is 0 Å². The summed E-state index contributed by atoms with van der Waals surface area (Å²) >= 11 is 5.99. The summed E-state index contributed by atoms with van der Waals surface area (Å²) in [6.07, 6.45) is 0. The number of imidazole rings is 1. The van der Waals surface area contributed by atoms with Crippen molar-refractivity contribution < 1.29 is 0 Å². The van der Waals surface area contributed by atoms with E-state index >= 15 is 0 Å². The number of aryl methyl sites for hydroxylation is 1. The third kappa shape index (κ3) is 2.00. The molecule has 19 heavy (non-hydrogen) atoms. The largest absolute Gasteiger partial charge is 0.399 e. The zero-order chi connectivity index (χ0) is 13.6. The topological polar surface area (TPSA) is 69.9 Å². The first-order chi connectivity index (χ1) is 9.04. The summed E-state index contributed by atoms with van der Waals surface area (Å²) in [5, 5.41) is 0.671. The number of nitrogens with two attached hydrogens (primary N) is 2. The average molecular weight is 273 g/mol. The van der Waals surface area contributed by atoms with E-state index in [1.54, 1.807) is 6.07 Å². The van der Waals surface area contributed by atoms with Crippen LogP contribution in [-0.2, 0) is 7.05 Å². The Morgan fingerprint density at radius 2 is 1.74 bits per heavy atom. The molecule has 0 atom stereocenters. The molecule has 1 aromatic heterocycles. The lowest BCUT2D eigenvalue weighted by Gasteiger charge is -2.05. The Morgan fingerprint density at radius 1 is 1.05 bits per heavy atom. The summed E-state index contributed by atoms with van der Waals surface area (Å²) in [5.41, 5.74) is 15.7. The highest BCUT2D eigenvalue weighted by Crippen LogP contribution is 2.28. The van der Waals surface area contributed by atoms with E-state index in [4.69, 9.17) is 23.1 Å². The van der Waals surface area contributed by atoms with E-state index in [9.17, 15) is 0 Å². The summed E-state index contributed by atoms with van der Waals surface area (Å²) in [5.74, 6) is 0.816. The molecule has 0 fully saturated rings. The van der Waals surface area contributed by atoms with Crippen molar-refractivity contribution in [3.63, 3.8) is 0 Å². The molecule has 96 valence electrons. The minimum Gasteiger partial charge on any atom is -0.399 e. The molecule has 0 spiro atoms. The molecule has 1 heterocycles. The smallest absolute Gasteiger partial charge is 0.141 e. The maximum absolute atomic E-state index is 5.99. The third-order valence-corrected chi connectivity index (χ3v) is 3.31. The van der Waals surface area contributed by atoms with Gasteiger partial charge in [0.05, 0.1) is 11.0 Å². The van der Waals surface area contributed by atoms with Gasteiger partial charge in [-0.05, 0) is 36.4 Å². The first kappa shape index (κ1) is 11.9. The monoisotopic (exact) mass is 272 g/mol. The van der Waals surface area contributed by atoms with E-state index in [-0.39, 0.29) is 0 Å². The molecule has 2 aromatic carbocycles. The average Bonchev–Trinajstić information content (AvgIpc) is 2.65. The molecule has 4 nitrogen and oxygen atoms in total. The number of anilines is 2. The molecule has 3 rings (SSSR count). The molecule has 0 unspecified atom stereocenters. The standard InChI is InChI=1S/C14H13ClN4/c1-19-13-3-2-9(15)6-12(13)18-14(19)8-4-10(16)7-11(17)5-8/h2-7H,16-17H2,1H3. The third-order valence-electron chi connectivity index (χ3n) is 3.08. The van der Waals surface area contributed by atoms with Gasteiger partial charge in [0.2, 0.25) is 0 Å². The molecule has 0 amide bonds. The minimum absolute atomic E-state index is 0.625. The van der Waals surface area contributed by atoms with Crippen molar-refractivity contribution in [2.24, 2.45) is 7.05 Å². The first-order valence-electron chi connectivity index (χ1n) is 5.83. The molecule has 4 N–H and O–H groups in total. The predicted octanol–water partition coefficient (Wildman–Crippen LogP) is 3.06. The Bertz CT molecular complexity index is 756. The van der Waals surface area contributed by atoms with Crippen LogP contribution in [0.2, 0.25) is 5.02 Å². The number of fused-ring (bicyclic) bond motifs is 1. The van der Waals surface area contributed by atoms with Gasteiger partial charge in [-0.1, -0.05) is 11.6 Å². The van der Waals surface area contributed by atoms with Gasteiger partial charge in [0, 0.05) is 29.0 Å². The van der Waals surface area contributed by atoms with Gasteiger partial charge >= 0.3 is 0 Å². The molecule has 0 aliphatic carbocycles. The zero-order valence-corrected chi connectivity index (χ0v) is 11.1. The molecule has 0 radical (unpaired) electrons. The predicted molar refractivity (Wildman–Crippen MR) is 80.0 cm³/mol. The van der Waals surface area contributed by atoms with Crippen LogP contribution in [0.1, 0.15) is 0 Å². The van der Waals surface area contributed by atoms with Crippen molar-refractivity contribution in [3.05, 3.63) is 41.4 Å². The highest BCUT2D eigenvalue weighted by molar-refractivity contribution is 6.31.